The van der Waals surface area contributed by atoms with Crippen molar-refractivity contribution in [3.8, 4) is 5.75 Å². The first-order chi connectivity index (χ1) is 12.6. The molecule has 0 amide bonds. The summed E-state index contributed by atoms with van der Waals surface area (Å²) in [5.41, 5.74) is 1.70. The molecule has 0 aromatic heterocycles. The van der Waals surface area contributed by atoms with Crippen molar-refractivity contribution in [1.82, 2.24) is 0 Å². The van der Waals surface area contributed by atoms with Gasteiger partial charge in [0.1, 0.15) is 17.4 Å². The summed E-state index contributed by atoms with van der Waals surface area (Å²) in [5.74, 6) is -0.856. The number of carbonyl (C=O) groups excluding carboxylic acids is 1. The lowest BCUT2D eigenvalue weighted by Gasteiger charge is -2.17. The summed E-state index contributed by atoms with van der Waals surface area (Å²) in [4.78, 5) is 11.3. The largest absolute Gasteiger partial charge is 0.545 e. The van der Waals surface area contributed by atoms with Gasteiger partial charge in [0, 0.05) is 11.3 Å². The minimum atomic E-state index is -1.29. The number of carboxylic acid groups (broad SMARTS) is 1. The number of rotatable bonds is 6. The first-order valence-electron chi connectivity index (χ1n) is 7.78. The Bertz CT molecular complexity index is 930. The molecule has 4 nitrogen and oxygen atoms in total. The van der Waals surface area contributed by atoms with Crippen LogP contribution >= 0.6 is 23.2 Å². The Balaban J connectivity index is 1.87. The molecule has 0 radical (unpaired) electrons. The van der Waals surface area contributed by atoms with Gasteiger partial charge in [0.05, 0.1) is 16.7 Å². The molecule has 3 rings (SSSR count). The minimum Gasteiger partial charge on any atom is -0.545 e. The smallest absolute Gasteiger partial charge is 0.140 e. The summed E-state index contributed by atoms with van der Waals surface area (Å²) in [6.45, 7) is 0.345. The molecule has 0 saturated heterocycles. The topological polar surface area (TPSA) is 61.4 Å². The molecule has 0 fully saturated rings. The molecule has 0 aliphatic carbocycles. The fraction of sp³-hybridized carbons (Fsp3) is 0.0500. The Morgan fingerprint density at radius 2 is 1.65 bits per heavy atom. The lowest BCUT2D eigenvalue weighted by Crippen LogP contribution is -2.23. The van der Waals surface area contributed by atoms with Gasteiger partial charge >= 0.3 is 0 Å². The Labute approximate surface area is 161 Å². The molecule has 0 spiro atoms. The normalized spacial score (nSPS) is 10.4. The van der Waals surface area contributed by atoms with Gasteiger partial charge in [0.15, 0.2) is 0 Å². The third kappa shape index (κ3) is 4.10. The summed E-state index contributed by atoms with van der Waals surface area (Å²) in [6, 6.07) is 19.3. The van der Waals surface area contributed by atoms with Crippen molar-refractivity contribution in [3.05, 3.63) is 87.9 Å². The van der Waals surface area contributed by atoms with Gasteiger partial charge in [-0.2, -0.15) is 0 Å². The van der Waals surface area contributed by atoms with Crippen molar-refractivity contribution in [2.45, 2.75) is 6.61 Å². The average Bonchev–Trinajstić information content (AvgIpc) is 2.65. The minimum absolute atomic E-state index is 0.00948. The zero-order valence-corrected chi connectivity index (χ0v) is 15.1. The van der Waals surface area contributed by atoms with E-state index < -0.39 is 5.97 Å². The summed E-state index contributed by atoms with van der Waals surface area (Å²) in [5, 5.41) is 14.8. The molecule has 0 aliphatic rings. The van der Waals surface area contributed by atoms with E-state index in [1.165, 1.54) is 6.07 Å². The van der Waals surface area contributed by atoms with Crippen LogP contribution in [-0.4, -0.2) is 5.97 Å². The Morgan fingerprint density at radius 3 is 2.38 bits per heavy atom. The highest BCUT2D eigenvalue weighted by Gasteiger charge is 2.14. The highest BCUT2D eigenvalue weighted by Crippen LogP contribution is 2.40. The van der Waals surface area contributed by atoms with Crippen LogP contribution in [0.3, 0.4) is 0 Å². The van der Waals surface area contributed by atoms with Crippen molar-refractivity contribution in [3.63, 3.8) is 0 Å². The fourth-order valence-electron chi connectivity index (χ4n) is 2.40. The van der Waals surface area contributed by atoms with E-state index in [-0.39, 0.29) is 10.6 Å². The maximum atomic E-state index is 11.3. The summed E-state index contributed by atoms with van der Waals surface area (Å²) < 4.78 is 5.77. The Kier molecular flexibility index (Phi) is 5.66. The van der Waals surface area contributed by atoms with Gasteiger partial charge in [-0.15, -0.1) is 0 Å². The number of benzene rings is 3. The van der Waals surface area contributed by atoms with Gasteiger partial charge in [-0.1, -0.05) is 71.7 Å². The Morgan fingerprint density at radius 1 is 0.962 bits per heavy atom. The van der Waals surface area contributed by atoms with E-state index in [4.69, 9.17) is 27.9 Å². The van der Waals surface area contributed by atoms with Crippen molar-refractivity contribution in [2.24, 2.45) is 0 Å². The summed E-state index contributed by atoms with van der Waals surface area (Å²) >= 11 is 12.7. The monoisotopic (exact) mass is 386 g/mol. The molecule has 1 N–H and O–H groups in total. The highest BCUT2D eigenvalue weighted by molar-refractivity contribution is 6.40. The number of nitrogens with one attached hydrogen (secondary N) is 1. The maximum Gasteiger partial charge on any atom is 0.140 e. The standard InChI is InChI=1S/C20H15Cl2NO3/c21-15-10-11-17(26-12-13-6-2-1-3-7-13)18(22)19(15)23-16-9-5-4-8-14(16)20(24)25/h1-11,23H,12H2,(H,24,25)/p-1. The van der Waals surface area contributed by atoms with Gasteiger partial charge in [-0.3, -0.25) is 0 Å². The quantitative estimate of drug-likeness (QED) is 0.667. The number of anilines is 2. The first kappa shape index (κ1) is 18.1. The molecular weight excluding hydrogens is 373 g/mol. The lowest BCUT2D eigenvalue weighted by molar-refractivity contribution is -0.254. The van der Waals surface area contributed by atoms with E-state index in [1.54, 1.807) is 30.3 Å². The van der Waals surface area contributed by atoms with Crippen LogP contribution in [0.1, 0.15) is 15.9 Å². The number of para-hydroxylation sites is 1. The molecular formula is C20H14Cl2NO3-. The molecule has 0 heterocycles. The molecule has 0 atom stereocenters. The predicted molar refractivity (Wildman–Crippen MR) is 101 cm³/mol. The number of halogens is 2. The van der Waals surface area contributed by atoms with E-state index in [0.29, 0.717) is 28.8 Å². The van der Waals surface area contributed by atoms with Crippen LogP contribution in [0.15, 0.2) is 66.7 Å². The number of aromatic carboxylic acids is 1. The van der Waals surface area contributed by atoms with Crippen LogP contribution in [0.2, 0.25) is 10.0 Å². The molecule has 132 valence electrons. The van der Waals surface area contributed by atoms with Gasteiger partial charge < -0.3 is 20.0 Å². The highest BCUT2D eigenvalue weighted by atomic mass is 35.5. The van der Waals surface area contributed by atoms with Gasteiger partial charge in [0.25, 0.3) is 0 Å². The van der Waals surface area contributed by atoms with Crippen LogP contribution in [0, 0.1) is 0 Å². The number of ether oxygens (including phenoxy) is 1. The maximum absolute atomic E-state index is 11.3. The van der Waals surface area contributed by atoms with E-state index in [2.05, 4.69) is 5.32 Å². The zero-order valence-electron chi connectivity index (χ0n) is 13.5. The van der Waals surface area contributed by atoms with Gasteiger partial charge in [0.2, 0.25) is 0 Å². The van der Waals surface area contributed by atoms with Crippen LogP contribution in [0.25, 0.3) is 0 Å². The second-order valence-electron chi connectivity index (χ2n) is 5.47. The van der Waals surface area contributed by atoms with E-state index in [0.717, 1.165) is 5.56 Å². The number of carboxylic acids is 1. The first-order valence-corrected chi connectivity index (χ1v) is 8.54. The van der Waals surface area contributed by atoms with E-state index >= 15 is 0 Å². The van der Waals surface area contributed by atoms with Gasteiger partial charge in [-0.05, 0) is 23.8 Å². The van der Waals surface area contributed by atoms with Crippen molar-refractivity contribution in [2.75, 3.05) is 5.32 Å². The van der Waals surface area contributed by atoms with Crippen molar-refractivity contribution in [1.29, 1.82) is 0 Å². The average molecular weight is 387 g/mol. The van der Waals surface area contributed by atoms with Gasteiger partial charge in [-0.25, -0.2) is 0 Å². The molecule has 0 aliphatic heterocycles. The molecule has 0 unspecified atom stereocenters. The van der Waals surface area contributed by atoms with Crippen LogP contribution in [-0.2, 0) is 6.61 Å². The summed E-state index contributed by atoms with van der Waals surface area (Å²) in [6.07, 6.45) is 0. The van der Waals surface area contributed by atoms with E-state index in [9.17, 15) is 9.90 Å². The predicted octanol–water partition coefficient (Wildman–Crippen LogP) is 4.68. The number of hydrogen-bond donors (Lipinski definition) is 1. The summed E-state index contributed by atoms with van der Waals surface area (Å²) in [7, 11) is 0. The molecule has 3 aromatic rings. The Hall–Kier alpha value is -2.69. The molecule has 0 saturated carbocycles. The third-order valence-electron chi connectivity index (χ3n) is 3.70. The van der Waals surface area contributed by atoms with Crippen LogP contribution in [0.5, 0.6) is 5.75 Å². The molecule has 6 heteroatoms. The number of hydrogen-bond acceptors (Lipinski definition) is 4. The zero-order chi connectivity index (χ0) is 18.5. The fourth-order valence-corrected chi connectivity index (χ4v) is 2.92. The van der Waals surface area contributed by atoms with Crippen molar-refractivity contribution < 1.29 is 14.6 Å². The molecule has 3 aromatic carbocycles. The molecule has 0 bridgehead atoms. The molecule has 26 heavy (non-hydrogen) atoms. The lowest BCUT2D eigenvalue weighted by atomic mass is 10.1. The second-order valence-corrected chi connectivity index (χ2v) is 6.25. The third-order valence-corrected chi connectivity index (χ3v) is 4.39. The SMILES string of the molecule is O=C([O-])c1ccccc1Nc1c(Cl)ccc(OCc2ccccc2)c1Cl. The van der Waals surface area contributed by atoms with E-state index in [1.807, 2.05) is 30.3 Å². The number of carbonyl (C=O) groups is 1. The van der Waals surface area contributed by atoms with Crippen molar-refractivity contribution >= 4 is 40.5 Å². The van der Waals surface area contributed by atoms with Crippen LogP contribution in [0.4, 0.5) is 11.4 Å². The van der Waals surface area contributed by atoms with Crippen LogP contribution < -0.4 is 15.2 Å². The second kappa shape index (κ2) is 8.13.